The molecule has 0 fully saturated rings. The Labute approximate surface area is 203 Å². The number of carbonyl (C=O) groups is 1. The number of benzene rings is 2. The van der Waals surface area contributed by atoms with Gasteiger partial charge >= 0.3 is 0 Å². The lowest BCUT2D eigenvalue weighted by atomic mass is 10.2. The molecule has 1 aromatic heterocycles. The van der Waals surface area contributed by atoms with Crippen molar-refractivity contribution in [2.24, 2.45) is 4.99 Å². The van der Waals surface area contributed by atoms with Gasteiger partial charge in [0, 0.05) is 37.1 Å². The zero-order valence-corrected chi connectivity index (χ0v) is 20.2. The number of ether oxygens (including phenoxy) is 1. The maximum Gasteiger partial charge on any atom is 0.262 e. The first kappa shape index (κ1) is 24.4. The van der Waals surface area contributed by atoms with Crippen LogP contribution in [0.4, 0.5) is 5.69 Å². The average Bonchev–Trinajstić information content (AvgIpc) is 3.20. The first-order valence-electron chi connectivity index (χ1n) is 11.4. The third-order valence-electron chi connectivity index (χ3n) is 5.44. The maximum absolute atomic E-state index is 12.8. The number of nitrogens with zero attached hydrogens (tertiary/aromatic N) is 3. The molecule has 3 aromatic rings. The summed E-state index contributed by atoms with van der Waals surface area (Å²) in [6, 6.07) is 13.4. The van der Waals surface area contributed by atoms with Crippen LogP contribution in [0.25, 0.3) is 11.4 Å². The molecule has 11 heteroatoms. The van der Waals surface area contributed by atoms with Crippen molar-refractivity contribution in [1.82, 2.24) is 14.9 Å². The molecule has 35 heavy (non-hydrogen) atoms. The van der Waals surface area contributed by atoms with E-state index in [0.717, 1.165) is 30.6 Å². The van der Waals surface area contributed by atoms with Gasteiger partial charge in [-0.05, 0) is 55.3 Å². The van der Waals surface area contributed by atoms with Crippen molar-refractivity contribution in [3.8, 4) is 17.1 Å². The van der Waals surface area contributed by atoms with Crippen LogP contribution in [0.15, 0.2) is 62.9 Å². The fraction of sp³-hybridized carbons (Fsp3) is 0.333. The van der Waals surface area contributed by atoms with Crippen LogP contribution in [0.1, 0.15) is 38.0 Å². The van der Waals surface area contributed by atoms with Gasteiger partial charge in [0.1, 0.15) is 11.6 Å². The van der Waals surface area contributed by atoms with Gasteiger partial charge in [-0.25, -0.2) is 8.42 Å². The Morgan fingerprint density at radius 1 is 1.11 bits per heavy atom. The normalized spacial score (nSPS) is 14.0. The third-order valence-corrected chi connectivity index (χ3v) is 6.82. The maximum atomic E-state index is 12.8. The highest BCUT2D eigenvalue weighted by Gasteiger charge is 2.18. The lowest BCUT2D eigenvalue weighted by Crippen LogP contribution is -2.30. The van der Waals surface area contributed by atoms with Gasteiger partial charge in [0.05, 0.1) is 12.0 Å². The Hall–Kier alpha value is -3.73. The van der Waals surface area contributed by atoms with Crippen molar-refractivity contribution < 1.29 is 22.5 Å². The second-order valence-corrected chi connectivity index (χ2v) is 9.74. The number of rotatable bonds is 8. The molecule has 2 N–H and O–H groups in total. The molecule has 184 valence electrons. The molecule has 0 aliphatic carbocycles. The minimum Gasteiger partial charge on any atom is -0.497 e. The Morgan fingerprint density at radius 3 is 2.74 bits per heavy atom. The topological polar surface area (TPSA) is 136 Å². The zero-order chi connectivity index (χ0) is 24.7. The predicted octanol–water partition coefficient (Wildman–Crippen LogP) is 3.57. The summed E-state index contributed by atoms with van der Waals surface area (Å²) in [5, 5.41) is 6.68. The van der Waals surface area contributed by atoms with Gasteiger partial charge in [-0.3, -0.25) is 14.5 Å². The molecule has 4 rings (SSSR count). The molecule has 0 saturated carbocycles. The van der Waals surface area contributed by atoms with E-state index >= 15 is 0 Å². The van der Waals surface area contributed by atoms with Crippen LogP contribution in [0.2, 0.25) is 0 Å². The fourth-order valence-corrected chi connectivity index (χ4v) is 4.70. The number of hydrogen-bond donors (Lipinski definition) is 2. The van der Waals surface area contributed by atoms with Crippen molar-refractivity contribution >= 4 is 27.5 Å². The Morgan fingerprint density at radius 2 is 1.94 bits per heavy atom. The summed E-state index contributed by atoms with van der Waals surface area (Å²) in [5.41, 5.74) is 1.15. The number of nitrogens with one attached hydrogen (secondary N) is 2. The quantitative estimate of drug-likeness (QED) is 0.486. The van der Waals surface area contributed by atoms with E-state index in [9.17, 15) is 13.2 Å². The molecule has 1 aliphatic rings. The Bertz CT molecular complexity index is 1300. The minimum absolute atomic E-state index is 0.0586. The molecule has 0 atom stereocenters. The Balaban J connectivity index is 1.33. The molecule has 1 aliphatic heterocycles. The predicted molar refractivity (Wildman–Crippen MR) is 131 cm³/mol. The third kappa shape index (κ3) is 6.66. The second-order valence-electron chi connectivity index (χ2n) is 8.06. The van der Waals surface area contributed by atoms with E-state index in [1.54, 1.807) is 31.4 Å². The van der Waals surface area contributed by atoms with Gasteiger partial charge in [-0.2, -0.15) is 4.98 Å². The highest BCUT2D eigenvalue weighted by Crippen LogP contribution is 2.20. The van der Waals surface area contributed by atoms with Gasteiger partial charge in [0.15, 0.2) is 0 Å². The lowest BCUT2D eigenvalue weighted by Gasteiger charge is -2.11. The summed E-state index contributed by atoms with van der Waals surface area (Å²) in [6.45, 7) is 0.621. The molecule has 0 radical (unpaired) electrons. The summed E-state index contributed by atoms with van der Waals surface area (Å²) < 4.78 is 38.5. The van der Waals surface area contributed by atoms with Gasteiger partial charge in [0.2, 0.25) is 17.6 Å². The van der Waals surface area contributed by atoms with E-state index in [4.69, 9.17) is 9.26 Å². The van der Waals surface area contributed by atoms with Crippen LogP contribution in [-0.2, 0) is 21.2 Å². The van der Waals surface area contributed by atoms with Crippen LogP contribution >= 0.6 is 0 Å². The van der Waals surface area contributed by atoms with Crippen molar-refractivity contribution in [2.45, 2.75) is 43.4 Å². The number of aliphatic imine (C=N–C) groups is 1. The van der Waals surface area contributed by atoms with Crippen LogP contribution < -0.4 is 14.8 Å². The molecule has 0 bridgehead atoms. The van der Waals surface area contributed by atoms with Crippen LogP contribution in [0.3, 0.4) is 0 Å². The van der Waals surface area contributed by atoms with E-state index in [0.29, 0.717) is 36.2 Å². The van der Waals surface area contributed by atoms with Gasteiger partial charge in [0.25, 0.3) is 10.0 Å². The number of carbonyl (C=O) groups excluding carboxylic acids is 1. The number of hydrogen-bond acceptors (Lipinski definition) is 8. The van der Waals surface area contributed by atoms with E-state index in [1.165, 1.54) is 12.1 Å². The number of amides is 1. The van der Waals surface area contributed by atoms with Crippen molar-refractivity contribution in [1.29, 1.82) is 0 Å². The zero-order valence-electron chi connectivity index (χ0n) is 19.4. The van der Waals surface area contributed by atoms with Gasteiger partial charge < -0.3 is 14.6 Å². The summed E-state index contributed by atoms with van der Waals surface area (Å²) in [7, 11) is -2.20. The van der Waals surface area contributed by atoms with Crippen LogP contribution in [0.5, 0.6) is 5.75 Å². The smallest absolute Gasteiger partial charge is 0.262 e. The fourth-order valence-electron chi connectivity index (χ4n) is 3.57. The standard InChI is InChI=1S/C24H27N5O5S/c1-33-19-11-9-17(10-12-19)24-27-23(34-28-24)14-13-22(30)26-18-6-5-7-20(16-18)35(31,32)29-21-8-3-2-4-15-25-21/h5-7,9-12,16H,2-4,8,13-15H2,1H3,(H,25,29)(H,26,30). The lowest BCUT2D eigenvalue weighted by molar-refractivity contribution is -0.116. The first-order valence-corrected chi connectivity index (χ1v) is 12.8. The van der Waals surface area contributed by atoms with Crippen LogP contribution in [0, 0.1) is 0 Å². The molecule has 2 heterocycles. The SMILES string of the molecule is COc1ccc(-c2noc(CCC(=O)Nc3cccc(S(=O)(=O)NC4=NCCCCC4)c3)n2)cc1. The van der Waals surface area contributed by atoms with E-state index in [2.05, 4.69) is 25.2 Å². The second kappa shape index (κ2) is 11.1. The minimum atomic E-state index is -3.79. The Kier molecular flexibility index (Phi) is 7.76. The molecule has 0 saturated heterocycles. The van der Waals surface area contributed by atoms with Crippen LogP contribution in [-0.4, -0.2) is 44.0 Å². The number of sulfonamides is 1. The molecule has 2 aromatic carbocycles. The number of aryl methyl sites for hydroxylation is 1. The number of aromatic nitrogens is 2. The summed E-state index contributed by atoms with van der Waals surface area (Å²) >= 11 is 0. The molecular formula is C24H27N5O5S. The molecule has 1 amide bonds. The summed E-state index contributed by atoms with van der Waals surface area (Å²) in [4.78, 5) is 21.2. The highest BCUT2D eigenvalue weighted by molar-refractivity contribution is 7.90. The van der Waals surface area contributed by atoms with Crippen molar-refractivity contribution in [3.05, 3.63) is 54.4 Å². The van der Waals surface area contributed by atoms with E-state index in [-0.39, 0.29) is 23.6 Å². The van der Waals surface area contributed by atoms with Gasteiger partial charge in [-0.15, -0.1) is 0 Å². The van der Waals surface area contributed by atoms with E-state index < -0.39 is 10.0 Å². The summed E-state index contributed by atoms with van der Waals surface area (Å²) in [6.07, 6.45) is 3.83. The number of anilines is 1. The highest BCUT2D eigenvalue weighted by atomic mass is 32.2. The summed E-state index contributed by atoms with van der Waals surface area (Å²) in [5.74, 6) is 1.65. The largest absolute Gasteiger partial charge is 0.497 e. The van der Waals surface area contributed by atoms with Crippen molar-refractivity contribution in [3.63, 3.8) is 0 Å². The average molecular weight is 498 g/mol. The number of methoxy groups -OCH3 is 1. The molecule has 10 nitrogen and oxygen atoms in total. The van der Waals surface area contributed by atoms with Crippen molar-refractivity contribution in [2.75, 3.05) is 19.0 Å². The van der Waals surface area contributed by atoms with Gasteiger partial charge in [-0.1, -0.05) is 17.6 Å². The monoisotopic (exact) mass is 497 g/mol. The first-order chi connectivity index (χ1) is 16.9. The molecule has 0 unspecified atom stereocenters. The number of amidine groups is 1. The molecule has 0 spiro atoms. The van der Waals surface area contributed by atoms with E-state index in [1.807, 2.05) is 12.1 Å². The molecular weight excluding hydrogens is 470 g/mol.